The highest BCUT2D eigenvalue weighted by Crippen LogP contribution is 2.27. The lowest BCUT2D eigenvalue weighted by Gasteiger charge is -2.14. The molecular formula is C33H44ClN5O4. The number of hydrogen-bond acceptors (Lipinski definition) is 5. The number of imide groups is 1. The van der Waals surface area contributed by atoms with Gasteiger partial charge in [0.25, 0.3) is 5.91 Å². The first-order valence-corrected chi connectivity index (χ1v) is 14.5. The van der Waals surface area contributed by atoms with Crippen LogP contribution in [0.4, 0.5) is 21.1 Å². The number of anilines is 2. The van der Waals surface area contributed by atoms with Crippen LogP contribution in [0.1, 0.15) is 71.4 Å². The van der Waals surface area contributed by atoms with Gasteiger partial charge in [-0.05, 0) is 63.2 Å². The molecule has 2 aromatic carbocycles. The first-order chi connectivity index (χ1) is 20.4. The van der Waals surface area contributed by atoms with E-state index in [1.54, 1.807) is 65.4 Å². The largest absolute Gasteiger partial charge is 0.447 e. The molecule has 1 aromatic heterocycles. The number of allylic oxidation sites excluding steroid dienone is 3. The van der Waals surface area contributed by atoms with Crippen molar-refractivity contribution in [3.8, 4) is 5.69 Å². The molecule has 0 unspecified atom stereocenters. The summed E-state index contributed by atoms with van der Waals surface area (Å²) in [6.07, 6.45) is 5.09. The van der Waals surface area contributed by atoms with Gasteiger partial charge in [-0.1, -0.05) is 70.5 Å². The number of aromatic nitrogens is 2. The van der Waals surface area contributed by atoms with Crippen molar-refractivity contribution in [2.24, 2.45) is 0 Å². The molecule has 3 aromatic rings. The molecule has 232 valence electrons. The molecule has 0 saturated carbocycles. The Balaban J connectivity index is 0.000000916. The molecule has 2 N–H and O–H groups in total. The fraction of sp³-hybridized carbons (Fsp3) is 0.333. The van der Waals surface area contributed by atoms with Crippen molar-refractivity contribution in [2.75, 3.05) is 23.8 Å². The Morgan fingerprint density at radius 1 is 1.00 bits per heavy atom. The standard InChI is InChI=1S/C24H24ClN5O4.C4H8.C3H6.C2H6/c1-24(2,3)19-14-20(27-22(32)26-17-9-7-16(25)8-10-17)30(28-19)18-6-4-5-15(13-18)21(31)29-11-12-34-23(29)33;1-3-4-2;1-3-2;1-2/h4-10,13-14H,11-12H2,1-3H3,(H2,26,27,32);3-4H,1-2H3;3H,1H2,2H3;1-2H3/b;4-3-;;. The van der Waals surface area contributed by atoms with Crippen LogP contribution in [0.15, 0.2) is 79.4 Å². The molecule has 9 nitrogen and oxygen atoms in total. The summed E-state index contributed by atoms with van der Waals surface area (Å²) in [7, 11) is 0. The minimum atomic E-state index is -0.661. The number of amides is 4. The van der Waals surface area contributed by atoms with Gasteiger partial charge in [-0.3, -0.25) is 10.1 Å². The zero-order valence-electron chi connectivity index (χ0n) is 26.4. The molecule has 4 amide bonds. The number of urea groups is 1. The van der Waals surface area contributed by atoms with Gasteiger partial charge >= 0.3 is 12.1 Å². The number of carbonyl (C=O) groups excluding carboxylic acids is 3. The van der Waals surface area contributed by atoms with Crippen LogP contribution >= 0.6 is 11.6 Å². The number of rotatable bonds is 4. The first kappa shape index (κ1) is 36.7. The summed E-state index contributed by atoms with van der Waals surface area (Å²) < 4.78 is 6.43. The Labute approximate surface area is 260 Å². The third kappa shape index (κ3) is 11.4. The van der Waals surface area contributed by atoms with E-state index in [1.165, 1.54) is 0 Å². The van der Waals surface area contributed by atoms with Gasteiger partial charge in [0.05, 0.1) is 17.9 Å². The number of ether oxygens (including phenoxy) is 1. The predicted octanol–water partition coefficient (Wildman–Crippen LogP) is 8.86. The molecule has 1 fully saturated rings. The molecule has 10 heteroatoms. The third-order valence-electron chi connectivity index (χ3n) is 5.50. The average molecular weight is 610 g/mol. The maximum absolute atomic E-state index is 12.8. The van der Waals surface area contributed by atoms with E-state index in [4.69, 9.17) is 16.3 Å². The second-order valence-electron chi connectivity index (χ2n) is 9.86. The van der Waals surface area contributed by atoms with E-state index >= 15 is 0 Å². The molecule has 4 rings (SSSR count). The van der Waals surface area contributed by atoms with Crippen LogP contribution in [-0.2, 0) is 10.2 Å². The summed E-state index contributed by atoms with van der Waals surface area (Å²) in [6.45, 7) is 19.7. The molecule has 2 heterocycles. The molecule has 1 saturated heterocycles. The van der Waals surface area contributed by atoms with Crippen LogP contribution in [0.5, 0.6) is 0 Å². The molecule has 0 bridgehead atoms. The number of benzene rings is 2. The van der Waals surface area contributed by atoms with Crippen molar-refractivity contribution in [1.29, 1.82) is 0 Å². The van der Waals surface area contributed by atoms with Crippen LogP contribution in [0, 0.1) is 0 Å². The lowest BCUT2D eigenvalue weighted by atomic mass is 9.92. The van der Waals surface area contributed by atoms with Gasteiger partial charge < -0.3 is 10.1 Å². The smallest absolute Gasteiger partial charge is 0.416 e. The highest BCUT2D eigenvalue weighted by Gasteiger charge is 2.29. The lowest BCUT2D eigenvalue weighted by Crippen LogP contribution is -2.31. The summed E-state index contributed by atoms with van der Waals surface area (Å²) >= 11 is 5.90. The maximum Gasteiger partial charge on any atom is 0.416 e. The molecule has 1 aliphatic heterocycles. The quantitative estimate of drug-likeness (QED) is 0.287. The van der Waals surface area contributed by atoms with Gasteiger partial charge in [-0.25, -0.2) is 19.2 Å². The number of hydrogen-bond donors (Lipinski definition) is 2. The molecule has 0 spiro atoms. The zero-order valence-corrected chi connectivity index (χ0v) is 27.2. The van der Waals surface area contributed by atoms with E-state index in [-0.39, 0.29) is 18.6 Å². The summed E-state index contributed by atoms with van der Waals surface area (Å²) in [6, 6.07) is 14.8. The van der Waals surface area contributed by atoms with E-state index in [0.29, 0.717) is 27.8 Å². The minimum Gasteiger partial charge on any atom is -0.447 e. The van der Waals surface area contributed by atoms with Crippen LogP contribution in [0.2, 0.25) is 5.02 Å². The summed E-state index contributed by atoms with van der Waals surface area (Å²) in [5.74, 6) is -0.0379. The van der Waals surface area contributed by atoms with Crippen LogP contribution in [0.25, 0.3) is 5.69 Å². The SMILES string of the molecule is C/C=C\C.C=CC.CC.CC(C)(C)c1cc(NC(=O)Nc2ccc(Cl)cc2)n(-c2cccc(C(=O)N3CCOC3=O)c2)n1. The summed E-state index contributed by atoms with van der Waals surface area (Å²) in [5.41, 5.74) is 1.89. The molecule has 1 aliphatic rings. The number of carbonyl (C=O) groups is 3. The Kier molecular flexibility index (Phi) is 15.5. The van der Waals surface area contributed by atoms with Gasteiger partial charge in [-0.2, -0.15) is 5.10 Å². The normalized spacial score (nSPS) is 12.0. The molecule has 0 aliphatic carbocycles. The van der Waals surface area contributed by atoms with E-state index in [2.05, 4.69) is 22.3 Å². The molecule has 0 radical (unpaired) electrons. The van der Waals surface area contributed by atoms with Gasteiger partial charge in [0.2, 0.25) is 0 Å². The van der Waals surface area contributed by atoms with E-state index in [9.17, 15) is 14.4 Å². The molecular weight excluding hydrogens is 566 g/mol. The highest BCUT2D eigenvalue weighted by molar-refractivity contribution is 6.30. The minimum absolute atomic E-state index is 0.176. The van der Waals surface area contributed by atoms with Crippen molar-refractivity contribution in [3.05, 3.63) is 95.7 Å². The average Bonchev–Trinajstić information content (AvgIpc) is 3.62. The second kappa shape index (κ2) is 18.2. The van der Waals surface area contributed by atoms with E-state index < -0.39 is 18.0 Å². The lowest BCUT2D eigenvalue weighted by molar-refractivity contribution is 0.0809. The number of halogens is 1. The fourth-order valence-electron chi connectivity index (χ4n) is 3.35. The topological polar surface area (TPSA) is 106 Å². The number of nitrogens with one attached hydrogen (secondary N) is 2. The van der Waals surface area contributed by atoms with Gasteiger partial charge in [0, 0.05) is 27.8 Å². The third-order valence-corrected chi connectivity index (χ3v) is 5.75. The summed E-state index contributed by atoms with van der Waals surface area (Å²) in [4.78, 5) is 38.3. The van der Waals surface area contributed by atoms with Gasteiger partial charge in [0.1, 0.15) is 12.4 Å². The van der Waals surface area contributed by atoms with Crippen molar-refractivity contribution in [2.45, 2.75) is 60.8 Å². The summed E-state index contributed by atoms with van der Waals surface area (Å²) in [5, 5.41) is 10.8. The van der Waals surface area contributed by atoms with Crippen molar-refractivity contribution in [1.82, 2.24) is 14.7 Å². The maximum atomic E-state index is 12.8. The zero-order chi connectivity index (χ0) is 32.6. The van der Waals surface area contributed by atoms with E-state index in [1.807, 2.05) is 67.5 Å². The fourth-order valence-corrected chi connectivity index (χ4v) is 3.48. The molecule has 0 atom stereocenters. The van der Waals surface area contributed by atoms with Crippen molar-refractivity contribution >= 4 is 41.1 Å². The molecule has 43 heavy (non-hydrogen) atoms. The van der Waals surface area contributed by atoms with Crippen LogP contribution in [0.3, 0.4) is 0 Å². The Morgan fingerprint density at radius 2 is 1.60 bits per heavy atom. The first-order valence-electron chi connectivity index (χ1n) is 14.1. The second-order valence-corrected chi connectivity index (χ2v) is 10.3. The number of cyclic esters (lactones) is 1. The Hall–Kier alpha value is -4.37. The van der Waals surface area contributed by atoms with Crippen molar-refractivity contribution < 1.29 is 19.1 Å². The highest BCUT2D eigenvalue weighted by atomic mass is 35.5. The van der Waals surface area contributed by atoms with Gasteiger partial charge in [0.15, 0.2) is 0 Å². The van der Waals surface area contributed by atoms with Crippen LogP contribution in [-0.4, -0.2) is 45.9 Å². The van der Waals surface area contributed by atoms with Crippen LogP contribution < -0.4 is 10.6 Å². The Morgan fingerprint density at radius 3 is 2.12 bits per heavy atom. The monoisotopic (exact) mass is 609 g/mol. The van der Waals surface area contributed by atoms with E-state index in [0.717, 1.165) is 10.6 Å². The number of nitrogens with zero attached hydrogens (tertiary/aromatic N) is 3. The Bertz CT molecular complexity index is 1370. The van der Waals surface area contributed by atoms with Crippen molar-refractivity contribution in [3.63, 3.8) is 0 Å². The van der Waals surface area contributed by atoms with Gasteiger partial charge in [-0.15, -0.1) is 6.58 Å². The predicted molar refractivity (Wildman–Crippen MR) is 176 cm³/mol.